The number of hydrogen-bond acceptors (Lipinski definition) is 6. The quantitative estimate of drug-likeness (QED) is 0.422. The summed E-state index contributed by atoms with van der Waals surface area (Å²) < 4.78 is 12.8. The standard InChI is InChI=1S/C28H32N6O3/c1-19-14-20(2)16-21(15-19)34-26(30-23-6-5-9-29-27(23)34)18-32-10-12-33(13-11-32)28(35)31-24-17-22(36-3)7-8-25(24)37-4/h5-9,14-17H,10-13,18H2,1-4H3,(H,31,35). The molecule has 5 rings (SSSR count). The molecule has 3 heterocycles. The molecule has 1 aliphatic heterocycles. The van der Waals surface area contributed by atoms with Gasteiger partial charge in [-0.05, 0) is 61.4 Å². The fourth-order valence-corrected chi connectivity index (χ4v) is 4.83. The number of anilines is 1. The summed E-state index contributed by atoms with van der Waals surface area (Å²) in [6.45, 7) is 7.59. The Morgan fingerprint density at radius 2 is 1.73 bits per heavy atom. The van der Waals surface area contributed by atoms with Crippen molar-refractivity contribution in [1.29, 1.82) is 0 Å². The number of hydrogen-bond donors (Lipinski definition) is 1. The average molecular weight is 501 g/mol. The number of carbonyl (C=O) groups excluding carboxylic acids is 1. The van der Waals surface area contributed by atoms with Gasteiger partial charge < -0.3 is 19.7 Å². The highest BCUT2D eigenvalue weighted by Crippen LogP contribution is 2.29. The van der Waals surface area contributed by atoms with Crippen molar-refractivity contribution in [3.8, 4) is 17.2 Å². The number of ether oxygens (including phenoxy) is 2. The third kappa shape index (κ3) is 5.22. The zero-order chi connectivity index (χ0) is 25.9. The van der Waals surface area contributed by atoms with Crippen LogP contribution in [0.5, 0.6) is 11.5 Å². The minimum absolute atomic E-state index is 0.155. The second-order valence-electron chi connectivity index (χ2n) is 9.32. The number of urea groups is 1. The van der Waals surface area contributed by atoms with Crippen molar-refractivity contribution in [3.63, 3.8) is 0 Å². The number of rotatable bonds is 6. The molecular formula is C28H32N6O3. The van der Waals surface area contributed by atoms with Crippen LogP contribution in [0, 0.1) is 13.8 Å². The summed E-state index contributed by atoms with van der Waals surface area (Å²) in [5.41, 5.74) is 5.79. The van der Waals surface area contributed by atoms with E-state index in [1.807, 2.05) is 23.2 Å². The van der Waals surface area contributed by atoms with E-state index in [0.717, 1.165) is 35.8 Å². The van der Waals surface area contributed by atoms with Crippen molar-refractivity contribution in [2.45, 2.75) is 20.4 Å². The van der Waals surface area contributed by atoms with Crippen molar-refractivity contribution in [2.75, 3.05) is 45.7 Å². The van der Waals surface area contributed by atoms with Gasteiger partial charge in [0.1, 0.15) is 22.8 Å². The highest BCUT2D eigenvalue weighted by molar-refractivity contribution is 5.91. The second-order valence-corrected chi connectivity index (χ2v) is 9.32. The molecule has 37 heavy (non-hydrogen) atoms. The van der Waals surface area contributed by atoms with Crippen LogP contribution in [0.4, 0.5) is 10.5 Å². The molecule has 2 aromatic carbocycles. The smallest absolute Gasteiger partial charge is 0.322 e. The molecule has 4 aromatic rings. The van der Waals surface area contributed by atoms with Gasteiger partial charge in [-0.25, -0.2) is 14.8 Å². The first-order valence-electron chi connectivity index (χ1n) is 12.4. The summed E-state index contributed by atoms with van der Waals surface area (Å²) in [6, 6.07) is 15.6. The van der Waals surface area contributed by atoms with Gasteiger partial charge in [0, 0.05) is 44.1 Å². The van der Waals surface area contributed by atoms with Crippen LogP contribution < -0.4 is 14.8 Å². The van der Waals surface area contributed by atoms with Gasteiger partial charge in [-0.2, -0.15) is 0 Å². The van der Waals surface area contributed by atoms with Gasteiger partial charge in [0.2, 0.25) is 0 Å². The molecule has 192 valence electrons. The average Bonchev–Trinajstić information content (AvgIpc) is 3.26. The normalized spacial score (nSPS) is 14.1. The van der Waals surface area contributed by atoms with E-state index in [1.165, 1.54) is 11.1 Å². The summed E-state index contributed by atoms with van der Waals surface area (Å²) in [4.78, 5) is 26.7. The number of pyridine rings is 1. The van der Waals surface area contributed by atoms with Crippen LogP contribution in [-0.2, 0) is 6.54 Å². The van der Waals surface area contributed by atoms with Gasteiger partial charge in [-0.15, -0.1) is 0 Å². The molecule has 0 bridgehead atoms. The van der Waals surface area contributed by atoms with E-state index in [4.69, 9.17) is 14.5 Å². The molecule has 0 radical (unpaired) electrons. The number of piperazine rings is 1. The Labute approximate surface area is 216 Å². The van der Waals surface area contributed by atoms with E-state index in [0.29, 0.717) is 36.8 Å². The number of carbonyl (C=O) groups is 1. The van der Waals surface area contributed by atoms with Crippen molar-refractivity contribution >= 4 is 22.9 Å². The Morgan fingerprint density at radius 3 is 2.43 bits per heavy atom. The summed E-state index contributed by atoms with van der Waals surface area (Å²) in [7, 11) is 3.17. The lowest BCUT2D eigenvalue weighted by molar-refractivity contribution is 0.140. The number of aryl methyl sites for hydroxylation is 2. The van der Waals surface area contributed by atoms with Gasteiger partial charge in [-0.1, -0.05) is 6.07 Å². The molecule has 0 atom stereocenters. The van der Waals surface area contributed by atoms with Crippen LogP contribution in [0.2, 0.25) is 0 Å². The maximum Gasteiger partial charge on any atom is 0.322 e. The van der Waals surface area contributed by atoms with Gasteiger partial charge in [-0.3, -0.25) is 9.47 Å². The fraction of sp³-hybridized carbons (Fsp3) is 0.321. The summed E-state index contributed by atoms with van der Waals surface area (Å²) >= 11 is 0. The van der Waals surface area contributed by atoms with E-state index in [1.54, 1.807) is 32.4 Å². The first-order chi connectivity index (χ1) is 17.9. The molecular weight excluding hydrogens is 468 g/mol. The number of fused-ring (bicyclic) bond motifs is 1. The molecule has 1 saturated heterocycles. The minimum atomic E-state index is -0.155. The van der Waals surface area contributed by atoms with Gasteiger partial charge in [0.25, 0.3) is 0 Å². The highest BCUT2D eigenvalue weighted by atomic mass is 16.5. The van der Waals surface area contributed by atoms with Crippen molar-refractivity contribution in [1.82, 2.24) is 24.3 Å². The van der Waals surface area contributed by atoms with Crippen molar-refractivity contribution < 1.29 is 14.3 Å². The lowest BCUT2D eigenvalue weighted by atomic mass is 10.1. The van der Waals surface area contributed by atoms with Gasteiger partial charge in [0.05, 0.1) is 26.5 Å². The molecule has 0 aliphatic carbocycles. The van der Waals surface area contributed by atoms with Crippen LogP contribution in [0.1, 0.15) is 17.0 Å². The number of nitrogens with zero attached hydrogens (tertiary/aromatic N) is 5. The molecule has 1 fully saturated rings. The summed E-state index contributed by atoms with van der Waals surface area (Å²) in [5.74, 6) is 2.19. The van der Waals surface area contributed by atoms with Gasteiger partial charge in [0.15, 0.2) is 5.65 Å². The zero-order valence-corrected chi connectivity index (χ0v) is 21.7. The molecule has 1 aliphatic rings. The summed E-state index contributed by atoms with van der Waals surface area (Å²) in [5, 5.41) is 2.97. The number of benzene rings is 2. The predicted molar refractivity (Wildman–Crippen MR) is 144 cm³/mol. The molecule has 9 heteroatoms. The van der Waals surface area contributed by atoms with Crippen molar-refractivity contribution in [3.05, 3.63) is 71.7 Å². The Kier molecular flexibility index (Phi) is 6.96. The molecule has 9 nitrogen and oxygen atoms in total. The molecule has 1 N–H and O–H groups in total. The van der Waals surface area contributed by atoms with E-state index in [9.17, 15) is 4.79 Å². The molecule has 2 aromatic heterocycles. The number of nitrogens with one attached hydrogen (secondary N) is 1. The second kappa shape index (κ2) is 10.5. The Hall–Kier alpha value is -4.11. The topological polar surface area (TPSA) is 84.8 Å². The monoisotopic (exact) mass is 500 g/mol. The van der Waals surface area contributed by atoms with E-state index in [2.05, 4.69) is 51.8 Å². The van der Waals surface area contributed by atoms with Crippen LogP contribution in [0.15, 0.2) is 54.7 Å². The predicted octanol–water partition coefficient (Wildman–Crippen LogP) is 4.40. The van der Waals surface area contributed by atoms with Crippen LogP contribution in [0.25, 0.3) is 16.9 Å². The molecule has 0 saturated carbocycles. The molecule has 2 amide bonds. The minimum Gasteiger partial charge on any atom is -0.497 e. The van der Waals surface area contributed by atoms with E-state index in [-0.39, 0.29) is 6.03 Å². The lowest BCUT2D eigenvalue weighted by Crippen LogP contribution is -2.49. The lowest BCUT2D eigenvalue weighted by Gasteiger charge is -2.34. The molecule has 0 spiro atoms. The maximum atomic E-state index is 13.0. The number of imidazole rings is 1. The van der Waals surface area contributed by atoms with Crippen LogP contribution >= 0.6 is 0 Å². The third-order valence-corrected chi connectivity index (χ3v) is 6.62. The van der Waals surface area contributed by atoms with E-state index < -0.39 is 0 Å². The van der Waals surface area contributed by atoms with Crippen molar-refractivity contribution in [2.24, 2.45) is 0 Å². The number of aromatic nitrogens is 3. The Bertz CT molecular complexity index is 1400. The third-order valence-electron chi connectivity index (χ3n) is 6.62. The van der Waals surface area contributed by atoms with Crippen LogP contribution in [-0.4, -0.2) is 70.8 Å². The van der Waals surface area contributed by atoms with E-state index >= 15 is 0 Å². The SMILES string of the molecule is COc1ccc(OC)c(NC(=O)N2CCN(Cc3nc4cccnc4n3-c3cc(C)cc(C)c3)CC2)c1. The van der Waals surface area contributed by atoms with Gasteiger partial charge >= 0.3 is 6.03 Å². The molecule has 0 unspecified atom stereocenters. The summed E-state index contributed by atoms with van der Waals surface area (Å²) in [6.07, 6.45) is 1.81. The first-order valence-corrected chi connectivity index (χ1v) is 12.4. The number of amides is 2. The van der Waals surface area contributed by atoms with Crippen LogP contribution in [0.3, 0.4) is 0 Å². The highest BCUT2D eigenvalue weighted by Gasteiger charge is 2.24. The maximum absolute atomic E-state index is 13.0. The largest absolute Gasteiger partial charge is 0.497 e. The number of methoxy groups -OCH3 is 2. The fourth-order valence-electron chi connectivity index (χ4n) is 4.83. The Morgan fingerprint density at radius 1 is 0.973 bits per heavy atom. The Balaban J connectivity index is 1.30. The first kappa shape index (κ1) is 24.6. The zero-order valence-electron chi connectivity index (χ0n) is 21.7.